The molecule has 11 aromatic rings. The normalized spacial score (nSPS) is 18.3. The summed E-state index contributed by atoms with van der Waals surface area (Å²) in [6.07, 6.45) is -1.35. The van der Waals surface area contributed by atoms with Crippen LogP contribution in [-0.2, 0) is 41.4 Å². The summed E-state index contributed by atoms with van der Waals surface area (Å²) in [6.45, 7) is 2.85. The van der Waals surface area contributed by atoms with Gasteiger partial charge >= 0.3 is 11.9 Å². The molecule has 4 N–H and O–H groups in total. The quantitative estimate of drug-likeness (QED) is 0.0153. The maximum atomic E-state index is 16.1. The molecular weight excluding hydrogens is 1320 g/mol. The number of nitrogens with zero attached hydrogens (tertiary/aromatic N) is 2. The van der Waals surface area contributed by atoms with E-state index in [1.165, 1.54) is 72.8 Å². The first-order chi connectivity index (χ1) is 49.6. The molecule has 0 saturated carbocycles. The Morgan fingerprint density at radius 2 is 0.598 bits per heavy atom. The number of carbonyl (C=O) groups excluding carboxylic acids is 4. The summed E-state index contributed by atoms with van der Waals surface area (Å²) in [5.74, 6) is -5.83. The fourth-order valence-electron chi connectivity index (χ4n) is 13.2. The minimum atomic E-state index is -1.85. The monoisotopic (exact) mass is 1370 g/mol. The molecule has 102 heavy (non-hydrogen) atoms. The Kier molecular flexibility index (Phi) is 15.8. The molecule has 0 aliphatic carbocycles. The van der Waals surface area contributed by atoms with Crippen LogP contribution in [0, 0.1) is 0 Å². The molecule has 24 nitrogen and oxygen atoms in total. The van der Waals surface area contributed by atoms with Crippen molar-refractivity contribution in [1.29, 1.82) is 0 Å². The zero-order valence-electron chi connectivity index (χ0n) is 53.7. The summed E-state index contributed by atoms with van der Waals surface area (Å²) in [5, 5.41) is 43.6. The number of amides is 4. The lowest BCUT2D eigenvalue weighted by Gasteiger charge is -2.35. The summed E-state index contributed by atoms with van der Waals surface area (Å²) < 4.78 is 75.2. The van der Waals surface area contributed by atoms with Crippen molar-refractivity contribution in [3.63, 3.8) is 0 Å². The zero-order chi connectivity index (χ0) is 69.6. The van der Waals surface area contributed by atoms with Gasteiger partial charge in [-0.1, -0.05) is 48.5 Å². The number of aliphatic carboxylic acids is 2. The summed E-state index contributed by atoms with van der Waals surface area (Å²) in [5.41, 5.74) is -0.0944. The van der Waals surface area contributed by atoms with Gasteiger partial charge in [-0.2, -0.15) is 0 Å². The second-order valence-corrected chi connectivity index (χ2v) is 25.5. The predicted molar refractivity (Wildman–Crippen MR) is 362 cm³/mol. The van der Waals surface area contributed by atoms with E-state index in [-0.39, 0.29) is 174 Å². The summed E-state index contributed by atoms with van der Waals surface area (Å²) >= 11 is 0. The van der Waals surface area contributed by atoms with E-state index in [0.717, 1.165) is 0 Å². The van der Waals surface area contributed by atoms with Gasteiger partial charge in [-0.3, -0.25) is 29.0 Å². The van der Waals surface area contributed by atoms with Crippen LogP contribution in [-0.4, -0.2) is 155 Å². The smallest absolute Gasteiger partial charge is 0.327 e. The van der Waals surface area contributed by atoms with Gasteiger partial charge in [0.2, 0.25) is 0 Å². The number of carbonyl (C=O) groups is 6. The van der Waals surface area contributed by atoms with E-state index in [1.807, 2.05) is 0 Å². The molecule has 512 valence electrons. The predicted octanol–water partition coefficient (Wildman–Crippen LogP) is 12.0. The molecule has 6 atom stereocenters. The molecule has 6 unspecified atom stereocenters. The van der Waals surface area contributed by atoms with E-state index in [9.17, 15) is 30.0 Å². The Bertz CT molecular complexity index is 4700. The third kappa shape index (κ3) is 12.3. The van der Waals surface area contributed by atoms with Gasteiger partial charge in [0, 0.05) is 80.2 Å². The first-order valence-corrected chi connectivity index (χ1v) is 32.8. The van der Waals surface area contributed by atoms with Crippen LogP contribution >= 0.6 is 0 Å². The molecule has 4 saturated heterocycles. The Morgan fingerprint density at radius 1 is 0.353 bits per heavy atom. The standard InChI is InChI=1S/C78H58N2O22/c81-41-17-13-39(14-18-41)21-59(77(87)88)79-73(83)55-27-61(99-47-9-1-5-43(23-47)91-31-51-35-95-51)67-68-62(100-48-10-2-6-44(24-48)92-32-52-36-96-52)28-57-66-58(76(86)80(75(57)85)60(78(89)90)22-40-15-19-42(82)20-16-40)30-64(102-50-12-4-8-46(26-50)94-34-54-38-98-54)70(72(66)68)69-63(29-56(74(79)84)65(55)71(67)69)101-49-11-3-7-45(25-49)93-33-53-37-97-53/h1-20,23-30,51-54,59-60,81-82H,21-22,31-38H2,(H,87,88)(H,89,90). The average molecular weight is 1380 g/mol. The maximum absolute atomic E-state index is 16.1. The van der Waals surface area contributed by atoms with Crippen LogP contribution in [0.15, 0.2) is 170 Å². The van der Waals surface area contributed by atoms with Gasteiger partial charge in [0.1, 0.15) is 143 Å². The molecule has 6 heterocycles. The molecule has 0 bridgehead atoms. The number of ether oxygens (including phenoxy) is 12. The lowest BCUT2D eigenvalue weighted by molar-refractivity contribution is -0.142. The fourth-order valence-corrected chi connectivity index (χ4v) is 13.2. The number of rotatable bonds is 28. The minimum absolute atomic E-state index is 0.00838. The van der Waals surface area contributed by atoms with Crippen molar-refractivity contribution in [2.75, 3.05) is 52.9 Å². The average Bonchev–Trinajstić information content (AvgIpc) is 0.916. The number of phenols is 2. The molecule has 4 amide bonds. The summed E-state index contributed by atoms with van der Waals surface area (Å²) in [6, 6.07) is 39.9. The van der Waals surface area contributed by atoms with Crippen LogP contribution in [0.4, 0.5) is 0 Å². The third-order valence-electron chi connectivity index (χ3n) is 18.4. The number of hydrogen-bond acceptors (Lipinski definition) is 20. The molecular formula is C78H58N2O22. The van der Waals surface area contributed by atoms with Gasteiger partial charge in [-0.05, 0) is 108 Å². The number of imide groups is 2. The Hall–Kier alpha value is -12.2. The number of epoxide rings is 4. The lowest BCUT2D eigenvalue weighted by Crippen LogP contribution is -2.51. The SMILES string of the molecule is O=C(O)C(Cc1ccc(O)cc1)N1C(=O)c2cc(Oc3cccc(OCC4CO4)c3)c3c4c(Oc5cccc(OCC6CO6)c5)cc5c6c(cc(Oc7cccc(OCC8CO8)c7)c(c7c(Oc8cccc(OCC9CO9)c8)cc(c2c37)C1=O)c64)C(=O)N(C(Cc1ccc(O)cc1)C(=O)O)C5=O. The minimum Gasteiger partial charge on any atom is -0.508 e. The van der Waals surface area contributed by atoms with E-state index in [0.29, 0.717) is 70.4 Å². The van der Waals surface area contributed by atoms with E-state index in [4.69, 9.17) is 56.8 Å². The molecule has 6 aliphatic rings. The number of hydrogen-bond donors (Lipinski definition) is 4. The maximum Gasteiger partial charge on any atom is 0.327 e. The Balaban J connectivity index is 0.994. The summed E-state index contributed by atoms with van der Waals surface area (Å²) in [4.78, 5) is 93.4. The largest absolute Gasteiger partial charge is 0.508 e. The van der Waals surface area contributed by atoms with Crippen LogP contribution in [0.25, 0.3) is 43.1 Å². The van der Waals surface area contributed by atoms with Crippen molar-refractivity contribution in [1.82, 2.24) is 9.80 Å². The van der Waals surface area contributed by atoms with E-state index < -0.39 is 60.5 Å². The van der Waals surface area contributed by atoms with E-state index in [2.05, 4.69) is 0 Å². The second-order valence-electron chi connectivity index (χ2n) is 25.5. The Morgan fingerprint density at radius 3 is 0.833 bits per heavy atom. The molecule has 4 fully saturated rings. The highest BCUT2D eigenvalue weighted by Gasteiger charge is 2.47. The summed E-state index contributed by atoms with van der Waals surface area (Å²) in [7, 11) is 0. The van der Waals surface area contributed by atoms with Crippen LogP contribution in [0.1, 0.15) is 52.6 Å². The number of aromatic hydroxyl groups is 2. The number of carboxylic acids is 2. The van der Waals surface area contributed by atoms with E-state index in [1.54, 1.807) is 97.1 Å². The van der Waals surface area contributed by atoms with E-state index >= 15 is 19.2 Å². The first kappa shape index (κ1) is 63.2. The van der Waals surface area contributed by atoms with Crippen molar-refractivity contribution in [3.05, 3.63) is 203 Å². The molecule has 0 radical (unpaired) electrons. The number of fused-ring (bicyclic) bond motifs is 2. The van der Waals surface area contributed by atoms with Crippen LogP contribution < -0.4 is 37.9 Å². The van der Waals surface area contributed by atoms with Gasteiger partial charge in [0.25, 0.3) is 23.6 Å². The van der Waals surface area contributed by atoms with Gasteiger partial charge in [-0.25, -0.2) is 9.59 Å². The lowest BCUT2D eigenvalue weighted by atomic mass is 9.80. The molecule has 24 heteroatoms. The van der Waals surface area contributed by atoms with Gasteiger partial charge in [0.15, 0.2) is 0 Å². The zero-order valence-corrected chi connectivity index (χ0v) is 53.7. The highest BCUT2D eigenvalue weighted by molar-refractivity contribution is 6.45. The molecule has 0 aromatic heterocycles. The molecule has 0 spiro atoms. The highest BCUT2D eigenvalue weighted by atomic mass is 16.6. The highest BCUT2D eigenvalue weighted by Crippen LogP contribution is 2.58. The second kappa shape index (κ2) is 25.5. The van der Waals surface area contributed by atoms with Gasteiger partial charge in [-0.15, -0.1) is 0 Å². The number of phenolic OH excluding ortho intramolecular Hbond substituents is 2. The molecule has 17 rings (SSSR count). The number of benzene rings is 11. The van der Waals surface area contributed by atoms with Crippen molar-refractivity contribution < 1.29 is 106 Å². The van der Waals surface area contributed by atoms with Crippen molar-refractivity contribution in [2.45, 2.75) is 49.3 Å². The third-order valence-corrected chi connectivity index (χ3v) is 18.4. The van der Waals surface area contributed by atoms with Crippen molar-refractivity contribution in [3.8, 4) is 80.5 Å². The first-order valence-electron chi connectivity index (χ1n) is 32.8. The van der Waals surface area contributed by atoms with Crippen LogP contribution in [0.5, 0.6) is 80.5 Å². The van der Waals surface area contributed by atoms with Gasteiger partial charge < -0.3 is 77.3 Å². The van der Waals surface area contributed by atoms with Crippen molar-refractivity contribution in [2.24, 2.45) is 0 Å². The van der Waals surface area contributed by atoms with Crippen molar-refractivity contribution >= 4 is 78.7 Å². The molecule has 6 aliphatic heterocycles. The topological polar surface area (TPSA) is 314 Å². The Labute approximate surface area is 578 Å². The van der Waals surface area contributed by atoms with Crippen LogP contribution in [0.2, 0.25) is 0 Å². The molecule has 11 aromatic carbocycles. The van der Waals surface area contributed by atoms with Crippen LogP contribution in [0.3, 0.4) is 0 Å². The van der Waals surface area contributed by atoms with Gasteiger partial charge in [0.05, 0.1) is 48.7 Å². The fraction of sp³-hybridized carbons (Fsp3) is 0.205. The number of carboxylic acid groups (broad SMARTS) is 2.